The largest absolute Gasteiger partial charge is 0.506 e. The molecule has 0 aliphatic heterocycles. The van der Waals surface area contributed by atoms with Crippen molar-refractivity contribution < 1.29 is 5.11 Å². The normalized spacial score (nSPS) is 10.1. The summed E-state index contributed by atoms with van der Waals surface area (Å²) in [5.74, 6) is 1.35. The first-order chi connectivity index (χ1) is 7.70. The van der Waals surface area contributed by atoms with Crippen LogP contribution in [0.5, 0.6) is 5.75 Å². The van der Waals surface area contributed by atoms with E-state index in [-0.39, 0.29) is 10.8 Å². The molecular formula is C11H10ClN3O. The van der Waals surface area contributed by atoms with Gasteiger partial charge in [-0.15, -0.1) is 0 Å². The molecule has 0 atom stereocenters. The molecule has 5 heteroatoms. The van der Waals surface area contributed by atoms with E-state index < -0.39 is 0 Å². The summed E-state index contributed by atoms with van der Waals surface area (Å²) in [5, 5.41) is 12.5. The molecule has 0 saturated heterocycles. The van der Waals surface area contributed by atoms with E-state index in [2.05, 4.69) is 15.3 Å². The number of anilines is 1. The minimum absolute atomic E-state index is 0.0511. The van der Waals surface area contributed by atoms with E-state index in [1.165, 1.54) is 6.07 Å². The van der Waals surface area contributed by atoms with Crippen LogP contribution in [0.15, 0.2) is 30.5 Å². The van der Waals surface area contributed by atoms with Crippen LogP contribution in [0.1, 0.15) is 0 Å². The van der Waals surface area contributed by atoms with Crippen molar-refractivity contribution in [2.75, 3.05) is 12.4 Å². The van der Waals surface area contributed by atoms with E-state index in [4.69, 9.17) is 11.6 Å². The van der Waals surface area contributed by atoms with E-state index in [0.717, 1.165) is 11.4 Å². The van der Waals surface area contributed by atoms with Gasteiger partial charge in [-0.05, 0) is 24.3 Å². The van der Waals surface area contributed by atoms with Crippen molar-refractivity contribution in [2.45, 2.75) is 0 Å². The summed E-state index contributed by atoms with van der Waals surface area (Å²) >= 11 is 5.82. The molecule has 0 amide bonds. The van der Waals surface area contributed by atoms with E-state index >= 15 is 0 Å². The van der Waals surface area contributed by atoms with Crippen molar-refractivity contribution in [3.63, 3.8) is 0 Å². The molecule has 1 aromatic carbocycles. The number of aromatic nitrogens is 2. The van der Waals surface area contributed by atoms with Gasteiger partial charge in [0.2, 0.25) is 0 Å². The number of halogens is 1. The number of nitrogens with zero attached hydrogens (tertiary/aromatic N) is 2. The standard InChI is InChI=1S/C11H10ClN3O/c1-13-10-4-5-14-11(15-10)7-2-3-9(16)8(12)6-7/h2-6,16H,1H3,(H,13,14,15). The molecule has 2 N–H and O–H groups in total. The monoisotopic (exact) mass is 235 g/mol. The maximum atomic E-state index is 9.31. The highest BCUT2D eigenvalue weighted by molar-refractivity contribution is 6.32. The average Bonchev–Trinajstić information content (AvgIpc) is 2.33. The SMILES string of the molecule is CNc1ccnc(-c2ccc(O)c(Cl)c2)n1. The van der Waals surface area contributed by atoms with Crippen LogP contribution >= 0.6 is 11.6 Å². The number of phenols is 1. The van der Waals surface area contributed by atoms with Crippen LogP contribution in [0.3, 0.4) is 0 Å². The van der Waals surface area contributed by atoms with Gasteiger partial charge >= 0.3 is 0 Å². The first kappa shape index (κ1) is 10.7. The molecule has 0 fully saturated rings. The highest BCUT2D eigenvalue weighted by Crippen LogP contribution is 2.27. The van der Waals surface area contributed by atoms with Gasteiger partial charge in [-0.25, -0.2) is 9.97 Å². The zero-order valence-electron chi connectivity index (χ0n) is 8.61. The summed E-state index contributed by atoms with van der Waals surface area (Å²) in [4.78, 5) is 8.41. The number of rotatable bonds is 2. The number of hydrogen-bond donors (Lipinski definition) is 2. The third-order valence-electron chi connectivity index (χ3n) is 2.12. The third kappa shape index (κ3) is 2.06. The summed E-state index contributed by atoms with van der Waals surface area (Å²) in [6.45, 7) is 0. The Labute approximate surface area is 97.9 Å². The Kier molecular flexibility index (Phi) is 2.92. The van der Waals surface area contributed by atoms with Gasteiger partial charge in [0.05, 0.1) is 5.02 Å². The highest BCUT2D eigenvalue weighted by Gasteiger charge is 2.05. The lowest BCUT2D eigenvalue weighted by molar-refractivity contribution is 0.475. The smallest absolute Gasteiger partial charge is 0.161 e. The second-order valence-electron chi connectivity index (χ2n) is 3.18. The molecule has 0 saturated carbocycles. The van der Waals surface area contributed by atoms with Crippen LogP contribution < -0.4 is 5.32 Å². The first-order valence-electron chi connectivity index (χ1n) is 4.70. The fourth-order valence-electron chi connectivity index (χ4n) is 1.28. The lowest BCUT2D eigenvalue weighted by Gasteiger charge is -2.04. The Morgan fingerprint density at radius 2 is 2.12 bits per heavy atom. The highest BCUT2D eigenvalue weighted by atomic mass is 35.5. The van der Waals surface area contributed by atoms with Gasteiger partial charge in [-0.1, -0.05) is 11.6 Å². The molecule has 0 aliphatic rings. The molecular weight excluding hydrogens is 226 g/mol. The average molecular weight is 236 g/mol. The predicted octanol–water partition coefficient (Wildman–Crippen LogP) is 2.54. The minimum Gasteiger partial charge on any atom is -0.506 e. The van der Waals surface area contributed by atoms with Gasteiger partial charge in [0.25, 0.3) is 0 Å². The van der Waals surface area contributed by atoms with Crippen LogP contribution in [-0.4, -0.2) is 22.1 Å². The molecule has 0 unspecified atom stereocenters. The van der Waals surface area contributed by atoms with Crippen molar-refractivity contribution in [2.24, 2.45) is 0 Å². The van der Waals surface area contributed by atoms with Crippen LogP contribution in [-0.2, 0) is 0 Å². The van der Waals surface area contributed by atoms with E-state index in [9.17, 15) is 5.11 Å². The molecule has 2 aromatic rings. The minimum atomic E-state index is 0.0511. The first-order valence-corrected chi connectivity index (χ1v) is 5.08. The number of hydrogen-bond acceptors (Lipinski definition) is 4. The van der Waals surface area contributed by atoms with Gasteiger partial charge < -0.3 is 10.4 Å². The van der Waals surface area contributed by atoms with Crippen molar-refractivity contribution in [1.82, 2.24) is 9.97 Å². The van der Waals surface area contributed by atoms with Crippen molar-refractivity contribution in [1.29, 1.82) is 0 Å². The third-order valence-corrected chi connectivity index (χ3v) is 2.42. The predicted molar refractivity (Wildman–Crippen MR) is 63.7 cm³/mol. The second-order valence-corrected chi connectivity index (χ2v) is 3.59. The van der Waals surface area contributed by atoms with Gasteiger partial charge in [0, 0.05) is 18.8 Å². The number of nitrogens with one attached hydrogen (secondary N) is 1. The molecule has 16 heavy (non-hydrogen) atoms. The van der Waals surface area contributed by atoms with Gasteiger partial charge in [-0.3, -0.25) is 0 Å². The summed E-state index contributed by atoms with van der Waals surface area (Å²) in [6, 6.07) is 6.64. The van der Waals surface area contributed by atoms with Crippen molar-refractivity contribution in [3.8, 4) is 17.1 Å². The molecule has 82 valence electrons. The van der Waals surface area contributed by atoms with E-state index in [1.807, 2.05) is 0 Å². The number of benzene rings is 1. The Morgan fingerprint density at radius 1 is 1.31 bits per heavy atom. The van der Waals surface area contributed by atoms with Crippen LogP contribution in [0.25, 0.3) is 11.4 Å². The Bertz CT molecular complexity index is 516. The van der Waals surface area contributed by atoms with Gasteiger partial charge in [-0.2, -0.15) is 0 Å². The Hall–Kier alpha value is -1.81. The molecule has 1 heterocycles. The van der Waals surface area contributed by atoms with E-state index in [1.54, 1.807) is 31.4 Å². The Morgan fingerprint density at radius 3 is 2.81 bits per heavy atom. The summed E-state index contributed by atoms with van der Waals surface area (Å²) in [5.41, 5.74) is 0.764. The summed E-state index contributed by atoms with van der Waals surface area (Å²) < 4.78 is 0. The summed E-state index contributed by atoms with van der Waals surface area (Å²) in [6.07, 6.45) is 1.66. The molecule has 2 rings (SSSR count). The van der Waals surface area contributed by atoms with Crippen molar-refractivity contribution >= 4 is 17.4 Å². The Balaban J connectivity index is 2.46. The topological polar surface area (TPSA) is 58.0 Å². The maximum absolute atomic E-state index is 9.31. The quantitative estimate of drug-likeness (QED) is 0.840. The number of aromatic hydroxyl groups is 1. The molecule has 0 radical (unpaired) electrons. The molecule has 0 bridgehead atoms. The van der Waals surface area contributed by atoms with Crippen molar-refractivity contribution in [3.05, 3.63) is 35.5 Å². The molecule has 1 aromatic heterocycles. The lowest BCUT2D eigenvalue weighted by atomic mass is 10.2. The maximum Gasteiger partial charge on any atom is 0.161 e. The van der Waals surface area contributed by atoms with E-state index in [0.29, 0.717) is 5.82 Å². The molecule has 0 aliphatic carbocycles. The van der Waals surface area contributed by atoms with Gasteiger partial charge in [0.15, 0.2) is 5.82 Å². The lowest BCUT2D eigenvalue weighted by Crippen LogP contribution is -1.95. The van der Waals surface area contributed by atoms with Crippen LogP contribution in [0, 0.1) is 0 Å². The van der Waals surface area contributed by atoms with Gasteiger partial charge in [0.1, 0.15) is 11.6 Å². The zero-order chi connectivity index (χ0) is 11.5. The molecule has 0 spiro atoms. The van der Waals surface area contributed by atoms with Crippen LogP contribution in [0.4, 0.5) is 5.82 Å². The fourth-order valence-corrected chi connectivity index (χ4v) is 1.46. The summed E-state index contributed by atoms with van der Waals surface area (Å²) in [7, 11) is 1.79. The fraction of sp³-hybridized carbons (Fsp3) is 0.0909. The number of phenolic OH excluding ortho intramolecular Hbond substituents is 1. The van der Waals surface area contributed by atoms with Crippen LogP contribution in [0.2, 0.25) is 5.02 Å². The zero-order valence-corrected chi connectivity index (χ0v) is 9.36. The molecule has 4 nitrogen and oxygen atoms in total. The second kappa shape index (κ2) is 4.37.